The molecule has 0 atom stereocenters. The molecule has 0 radical (unpaired) electrons. The number of allylic oxidation sites excluding steroid dienone is 6. The number of rotatable bonds is 1. The van der Waals surface area contributed by atoms with Crippen molar-refractivity contribution in [3.63, 3.8) is 0 Å². The van der Waals surface area contributed by atoms with Gasteiger partial charge in [-0.05, 0) is 50.3 Å². The summed E-state index contributed by atoms with van der Waals surface area (Å²) in [7, 11) is 0. The number of hydrogen-bond donors (Lipinski definition) is 1. The maximum Gasteiger partial charge on any atom is 0.0286 e. The first-order valence-electron chi connectivity index (χ1n) is 5.99. The maximum absolute atomic E-state index is 3.52. The zero-order valence-corrected chi connectivity index (χ0v) is 11.7. The molecule has 0 amide bonds. The quantitative estimate of drug-likeness (QED) is 0.697. The second-order valence-corrected chi connectivity index (χ2v) is 6.64. The Morgan fingerprint density at radius 3 is 1.94 bits per heavy atom. The van der Waals surface area contributed by atoms with Crippen LogP contribution in [0.2, 0.25) is 0 Å². The third-order valence-corrected chi connectivity index (χ3v) is 2.61. The Bertz CT molecular complexity index is 354. The van der Waals surface area contributed by atoms with Crippen molar-refractivity contribution in [2.75, 3.05) is 0 Å². The second-order valence-electron chi connectivity index (χ2n) is 6.64. The Morgan fingerprint density at radius 2 is 1.56 bits per heavy atom. The van der Waals surface area contributed by atoms with Gasteiger partial charge in [-0.1, -0.05) is 32.9 Å². The van der Waals surface area contributed by atoms with Gasteiger partial charge in [0.05, 0.1) is 0 Å². The number of nitrogens with one attached hydrogen (secondary N) is 1. The predicted molar refractivity (Wildman–Crippen MR) is 72.3 cm³/mol. The van der Waals surface area contributed by atoms with E-state index in [-0.39, 0.29) is 11.0 Å². The van der Waals surface area contributed by atoms with Crippen molar-refractivity contribution >= 4 is 0 Å². The van der Waals surface area contributed by atoms with Gasteiger partial charge in [0.25, 0.3) is 0 Å². The molecule has 0 unspecified atom stereocenters. The molecule has 1 nitrogen and oxygen atoms in total. The molecule has 0 saturated carbocycles. The fourth-order valence-corrected chi connectivity index (χ4v) is 1.78. The summed E-state index contributed by atoms with van der Waals surface area (Å²) < 4.78 is 0. The van der Waals surface area contributed by atoms with Crippen LogP contribution in [0.5, 0.6) is 0 Å². The van der Waals surface area contributed by atoms with Crippen LogP contribution in [0.3, 0.4) is 0 Å². The van der Waals surface area contributed by atoms with Crippen molar-refractivity contribution in [3.05, 3.63) is 35.1 Å². The minimum atomic E-state index is 0.128. The van der Waals surface area contributed by atoms with Gasteiger partial charge in [-0.2, -0.15) is 0 Å². The third-order valence-electron chi connectivity index (χ3n) is 2.61. The van der Waals surface area contributed by atoms with Crippen LogP contribution in [0, 0.1) is 5.41 Å². The Labute approximate surface area is 100 Å². The summed E-state index contributed by atoms with van der Waals surface area (Å²) in [6.45, 7) is 15.4. The van der Waals surface area contributed by atoms with E-state index in [0.29, 0.717) is 0 Å². The van der Waals surface area contributed by atoms with E-state index < -0.39 is 0 Å². The van der Waals surface area contributed by atoms with Crippen LogP contribution in [0.25, 0.3) is 0 Å². The standard InChI is InChI=1S/C15H25N/c1-11(16-15(5,6)7)12-8-9-13(10-12)14(2,3)4/h8-10,16H,1-7H3. The summed E-state index contributed by atoms with van der Waals surface area (Å²) in [4.78, 5) is 0. The smallest absolute Gasteiger partial charge is 0.0286 e. The summed E-state index contributed by atoms with van der Waals surface area (Å²) in [5.41, 5.74) is 4.32. The van der Waals surface area contributed by atoms with Gasteiger partial charge in [0.1, 0.15) is 0 Å². The fourth-order valence-electron chi connectivity index (χ4n) is 1.78. The molecule has 0 aromatic carbocycles. The highest BCUT2D eigenvalue weighted by atomic mass is 15.0. The van der Waals surface area contributed by atoms with Crippen molar-refractivity contribution < 1.29 is 0 Å². The molecule has 0 aromatic heterocycles. The Morgan fingerprint density at radius 1 is 1.00 bits per heavy atom. The van der Waals surface area contributed by atoms with Crippen molar-refractivity contribution in [1.29, 1.82) is 0 Å². The first kappa shape index (κ1) is 13.1. The molecule has 1 N–H and O–H groups in total. The topological polar surface area (TPSA) is 12.0 Å². The summed E-state index contributed by atoms with van der Waals surface area (Å²) in [5.74, 6) is 0. The van der Waals surface area contributed by atoms with Gasteiger partial charge in [0.15, 0.2) is 0 Å². The van der Waals surface area contributed by atoms with E-state index in [0.717, 1.165) is 0 Å². The molecule has 0 bridgehead atoms. The summed E-state index contributed by atoms with van der Waals surface area (Å²) >= 11 is 0. The van der Waals surface area contributed by atoms with Crippen molar-refractivity contribution in [2.24, 2.45) is 5.41 Å². The maximum atomic E-state index is 3.52. The van der Waals surface area contributed by atoms with Gasteiger partial charge in [0, 0.05) is 11.2 Å². The fraction of sp³-hybridized carbons (Fsp3) is 0.600. The average molecular weight is 219 g/mol. The van der Waals surface area contributed by atoms with E-state index in [2.05, 4.69) is 72.0 Å². The van der Waals surface area contributed by atoms with Crippen molar-refractivity contribution in [2.45, 2.75) is 54.0 Å². The summed E-state index contributed by atoms with van der Waals surface area (Å²) in [5, 5.41) is 3.52. The molecule has 0 spiro atoms. The van der Waals surface area contributed by atoms with E-state index in [9.17, 15) is 0 Å². The molecular formula is C15H25N. The van der Waals surface area contributed by atoms with Crippen LogP contribution in [-0.2, 0) is 0 Å². The summed E-state index contributed by atoms with van der Waals surface area (Å²) in [6.07, 6.45) is 6.71. The van der Waals surface area contributed by atoms with Crippen LogP contribution in [0.15, 0.2) is 35.1 Å². The lowest BCUT2D eigenvalue weighted by molar-refractivity contribution is 0.472. The Balaban J connectivity index is 2.91. The van der Waals surface area contributed by atoms with Crippen molar-refractivity contribution in [1.82, 2.24) is 5.32 Å². The molecular weight excluding hydrogens is 194 g/mol. The average Bonchev–Trinajstić information content (AvgIpc) is 2.46. The first-order valence-corrected chi connectivity index (χ1v) is 5.99. The molecule has 0 heterocycles. The minimum Gasteiger partial charge on any atom is -0.383 e. The molecule has 1 rings (SSSR count). The van der Waals surface area contributed by atoms with Gasteiger partial charge in [-0.25, -0.2) is 0 Å². The SMILES string of the molecule is CC(NC(C)(C)C)=C1C=CC(C(C)(C)C)=C1. The van der Waals surface area contributed by atoms with E-state index in [4.69, 9.17) is 0 Å². The highest BCUT2D eigenvalue weighted by Gasteiger charge is 2.19. The molecule has 0 aliphatic heterocycles. The van der Waals surface area contributed by atoms with E-state index in [1.807, 2.05) is 0 Å². The Hall–Kier alpha value is -0.980. The largest absolute Gasteiger partial charge is 0.383 e. The van der Waals surface area contributed by atoms with Gasteiger partial charge >= 0.3 is 0 Å². The molecule has 90 valence electrons. The van der Waals surface area contributed by atoms with Crippen LogP contribution in [0.1, 0.15) is 48.5 Å². The van der Waals surface area contributed by atoms with Crippen LogP contribution in [-0.4, -0.2) is 5.54 Å². The lowest BCUT2D eigenvalue weighted by atomic mass is 9.87. The highest BCUT2D eigenvalue weighted by molar-refractivity contribution is 5.49. The third kappa shape index (κ3) is 3.55. The first-order chi connectivity index (χ1) is 7.09. The summed E-state index contributed by atoms with van der Waals surface area (Å²) in [6, 6.07) is 0. The lowest BCUT2D eigenvalue weighted by Gasteiger charge is -2.23. The van der Waals surface area contributed by atoms with E-state index in [1.54, 1.807) is 0 Å². The van der Waals surface area contributed by atoms with Gasteiger partial charge < -0.3 is 5.32 Å². The van der Waals surface area contributed by atoms with Crippen LogP contribution < -0.4 is 5.32 Å². The number of hydrogen-bond acceptors (Lipinski definition) is 1. The molecule has 1 heteroatoms. The van der Waals surface area contributed by atoms with Gasteiger partial charge in [0.2, 0.25) is 0 Å². The van der Waals surface area contributed by atoms with Crippen molar-refractivity contribution in [3.8, 4) is 0 Å². The minimum absolute atomic E-state index is 0.128. The molecule has 0 aromatic rings. The van der Waals surface area contributed by atoms with E-state index >= 15 is 0 Å². The molecule has 16 heavy (non-hydrogen) atoms. The molecule has 1 aliphatic rings. The monoisotopic (exact) mass is 219 g/mol. The van der Waals surface area contributed by atoms with Crippen LogP contribution in [0.4, 0.5) is 0 Å². The molecule has 0 saturated heterocycles. The molecule has 0 fully saturated rings. The highest BCUT2D eigenvalue weighted by Crippen LogP contribution is 2.32. The predicted octanol–water partition coefficient (Wildman–Crippen LogP) is 4.19. The van der Waals surface area contributed by atoms with Gasteiger partial charge in [-0.15, -0.1) is 0 Å². The van der Waals surface area contributed by atoms with Crippen LogP contribution >= 0.6 is 0 Å². The Kier molecular flexibility index (Phi) is 3.37. The second kappa shape index (κ2) is 4.12. The van der Waals surface area contributed by atoms with Gasteiger partial charge in [-0.3, -0.25) is 0 Å². The van der Waals surface area contributed by atoms with E-state index in [1.165, 1.54) is 16.8 Å². The zero-order chi connectivity index (χ0) is 12.6. The molecule has 1 aliphatic carbocycles. The lowest BCUT2D eigenvalue weighted by Crippen LogP contribution is -2.34. The zero-order valence-electron chi connectivity index (χ0n) is 11.7. The normalized spacial score (nSPS) is 19.8.